The summed E-state index contributed by atoms with van der Waals surface area (Å²) in [5, 5.41) is 8.94. The largest absolute Gasteiger partial charge is 0.481 e. The van der Waals surface area contributed by atoms with Gasteiger partial charge in [-0.2, -0.15) is 0 Å². The van der Waals surface area contributed by atoms with Gasteiger partial charge in [-0.25, -0.2) is 0 Å². The number of hydrogen-bond donors (Lipinski definition) is 1. The van der Waals surface area contributed by atoms with Gasteiger partial charge in [0.2, 0.25) is 0 Å². The van der Waals surface area contributed by atoms with Gasteiger partial charge in [-0.05, 0) is 18.8 Å². The Labute approximate surface area is 83.2 Å². The molecular formula is C10H16O4. The molecule has 2 atom stereocenters. The minimum Gasteiger partial charge on any atom is -0.481 e. The molecule has 4 heteroatoms. The van der Waals surface area contributed by atoms with Crippen LogP contribution in [-0.2, 0) is 14.3 Å². The number of carbonyl (C=O) groups excluding carboxylic acids is 1. The minimum absolute atomic E-state index is 0.0336. The van der Waals surface area contributed by atoms with E-state index in [9.17, 15) is 9.59 Å². The van der Waals surface area contributed by atoms with Crippen molar-refractivity contribution in [3.8, 4) is 0 Å². The number of ether oxygens (including phenoxy) is 1. The Hall–Kier alpha value is -1.06. The number of hydrogen-bond acceptors (Lipinski definition) is 3. The maximum Gasteiger partial charge on any atom is 0.306 e. The SMILES string of the molecule is COC(=O)C[C@H]1CCCC[C@H]1C(=O)O. The van der Waals surface area contributed by atoms with E-state index in [1.165, 1.54) is 7.11 Å². The highest BCUT2D eigenvalue weighted by Crippen LogP contribution is 2.32. The van der Waals surface area contributed by atoms with Gasteiger partial charge in [-0.1, -0.05) is 12.8 Å². The molecule has 4 nitrogen and oxygen atoms in total. The van der Waals surface area contributed by atoms with Crippen molar-refractivity contribution in [2.75, 3.05) is 7.11 Å². The third kappa shape index (κ3) is 2.72. The van der Waals surface area contributed by atoms with Gasteiger partial charge in [0.25, 0.3) is 0 Å². The van der Waals surface area contributed by atoms with E-state index in [0.29, 0.717) is 6.42 Å². The highest BCUT2D eigenvalue weighted by Gasteiger charge is 2.32. The Balaban J connectivity index is 2.54. The van der Waals surface area contributed by atoms with Crippen molar-refractivity contribution in [1.29, 1.82) is 0 Å². The summed E-state index contributed by atoms with van der Waals surface area (Å²) in [6.45, 7) is 0. The summed E-state index contributed by atoms with van der Waals surface area (Å²) < 4.78 is 4.55. The molecule has 1 N–H and O–H groups in total. The number of carbonyl (C=O) groups is 2. The number of carboxylic acid groups (broad SMARTS) is 1. The smallest absolute Gasteiger partial charge is 0.306 e. The summed E-state index contributed by atoms with van der Waals surface area (Å²) >= 11 is 0. The molecule has 0 heterocycles. The van der Waals surface area contributed by atoms with Crippen LogP contribution in [0.3, 0.4) is 0 Å². The number of carboxylic acids is 1. The lowest BCUT2D eigenvalue weighted by Gasteiger charge is -2.27. The predicted molar refractivity (Wildman–Crippen MR) is 49.7 cm³/mol. The molecule has 1 saturated carbocycles. The monoisotopic (exact) mass is 200 g/mol. The van der Waals surface area contributed by atoms with Gasteiger partial charge in [0.1, 0.15) is 0 Å². The molecule has 0 unspecified atom stereocenters. The molecule has 0 bridgehead atoms. The van der Waals surface area contributed by atoms with E-state index in [-0.39, 0.29) is 24.2 Å². The van der Waals surface area contributed by atoms with Crippen molar-refractivity contribution < 1.29 is 19.4 Å². The fraction of sp³-hybridized carbons (Fsp3) is 0.800. The van der Waals surface area contributed by atoms with Crippen LogP contribution in [0.2, 0.25) is 0 Å². The Morgan fingerprint density at radius 1 is 1.36 bits per heavy atom. The topological polar surface area (TPSA) is 63.6 Å². The molecule has 0 spiro atoms. The van der Waals surface area contributed by atoms with Crippen molar-refractivity contribution in [3.63, 3.8) is 0 Å². The van der Waals surface area contributed by atoms with E-state index in [2.05, 4.69) is 4.74 Å². The first-order chi connectivity index (χ1) is 6.65. The molecule has 0 aromatic rings. The summed E-state index contributed by atoms with van der Waals surface area (Å²) in [6, 6.07) is 0. The van der Waals surface area contributed by atoms with Crippen LogP contribution in [-0.4, -0.2) is 24.2 Å². The molecule has 1 rings (SSSR count). The van der Waals surface area contributed by atoms with Gasteiger partial charge in [-0.3, -0.25) is 9.59 Å². The maximum atomic E-state index is 11.0. The van der Waals surface area contributed by atoms with E-state index in [4.69, 9.17) is 5.11 Å². The first-order valence-corrected chi connectivity index (χ1v) is 4.94. The van der Waals surface area contributed by atoms with E-state index in [1.807, 2.05) is 0 Å². The Bertz CT molecular complexity index is 224. The molecule has 1 aliphatic rings. The molecule has 0 radical (unpaired) electrons. The van der Waals surface area contributed by atoms with Crippen molar-refractivity contribution >= 4 is 11.9 Å². The third-order valence-corrected chi connectivity index (χ3v) is 2.88. The lowest BCUT2D eigenvalue weighted by atomic mass is 9.77. The molecule has 0 aromatic carbocycles. The normalized spacial score (nSPS) is 26.9. The van der Waals surface area contributed by atoms with Crippen LogP contribution in [0.25, 0.3) is 0 Å². The molecule has 14 heavy (non-hydrogen) atoms. The van der Waals surface area contributed by atoms with Gasteiger partial charge in [0.05, 0.1) is 13.0 Å². The molecule has 1 aliphatic carbocycles. The van der Waals surface area contributed by atoms with Crippen LogP contribution >= 0.6 is 0 Å². The zero-order valence-corrected chi connectivity index (χ0v) is 8.36. The van der Waals surface area contributed by atoms with E-state index in [0.717, 1.165) is 19.3 Å². The van der Waals surface area contributed by atoms with E-state index < -0.39 is 5.97 Å². The van der Waals surface area contributed by atoms with E-state index >= 15 is 0 Å². The summed E-state index contributed by atoms with van der Waals surface area (Å²) in [5.41, 5.74) is 0. The van der Waals surface area contributed by atoms with Gasteiger partial charge in [0, 0.05) is 6.42 Å². The molecule has 0 amide bonds. The van der Waals surface area contributed by atoms with Crippen LogP contribution in [0.1, 0.15) is 32.1 Å². The highest BCUT2D eigenvalue weighted by molar-refractivity contribution is 5.73. The molecule has 1 fully saturated rings. The van der Waals surface area contributed by atoms with Gasteiger partial charge in [0.15, 0.2) is 0 Å². The molecule has 0 aliphatic heterocycles. The summed E-state index contributed by atoms with van der Waals surface area (Å²) in [6.07, 6.45) is 3.73. The Morgan fingerprint density at radius 2 is 2.00 bits per heavy atom. The number of rotatable bonds is 3. The standard InChI is InChI=1S/C10H16O4/c1-14-9(11)6-7-4-2-3-5-8(7)10(12)13/h7-8H,2-6H2,1H3,(H,12,13)/t7-,8-/m1/s1. The molecule has 0 saturated heterocycles. The van der Waals surface area contributed by atoms with Crippen LogP contribution in [0.15, 0.2) is 0 Å². The molecular weight excluding hydrogens is 184 g/mol. The van der Waals surface area contributed by atoms with Gasteiger partial charge in [-0.15, -0.1) is 0 Å². The number of methoxy groups -OCH3 is 1. The van der Waals surface area contributed by atoms with Gasteiger partial charge >= 0.3 is 11.9 Å². The Kier molecular flexibility index (Phi) is 3.92. The predicted octanol–water partition coefficient (Wildman–Crippen LogP) is 1.44. The third-order valence-electron chi connectivity index (χ3n) is 2.88. The average Bonchev–Trinajstić information content (AvgIpc) is 2.18. The molecule has 80 valence electrons. The lowest BCUT2D eigenvalue weighted by Crippen LogP contribution is -2.29. The van der Waals surface area contributed by atoms with Crippen LogP contribution in [0, 0.1) is 11.8 Å². The Morgan fingerprint density at radius 3 is 2.57 bits per heavy atom. The summed E-state index contributed by atoms with van der Waals surface area (Å²) in [7, 11) is 1.33. The van der Waals surface area contributed by atoms with Crippen LogP contribution in [0.4, 0.5) is 0 Å². The maximum absolute atomic E-state index is 11.0. The first-order valence-electron chi connectivity index (χ1n) is 4.94. The zero-order valence-electron chi connectivity index (χ0n) is 8.36. The molecule has 0 aromatic heterocycles. The van der Waals surface area contributed by atoms with Crippen LogP contribution in [0.5, 0.6) is 0 Å². The fourth-order valence-corrected chi connectivity index (χ4v) is 2.07. The lowest BCUT2D eigenvalue weighted by molar-refractivity contribution is -0.148. The summed E-state index contributed by atoms with van der Waals surface area (Å²) in [4.78, 5) is 21.9. The number of aliphatic carboxylic acids is 1. The summed E-state index contributed by atoms with van der Waals surface area (Å²) in [5.74, 6) is -1.47. The fourth-order valence-electron chi connectivity index (χ4n) is 2.07. The quantitative estimate of drug-likeness (QED) is 0.700. The zero-order chi connectivity index (χ0) is 10.6. The van der Waals surface area contributed by atoms with E-state index in [1.54, 1.807) is 0 Å². The average molecular weight is 200 g/mol. The van der Waals surface area contributed by atoms with Crippen molar-refractivity contribution in [3.05, 3.63) is 0 Å². The van der Waals surface area contributed by atoms with Crippen molar-refractivity contribution in [1.82, 2.24) is 0 Å². The second-order valence-electron chi connectivity index (χ2n) is 3.77. The highest BCUT2D eigenvalue weighted by atomic mass is 16.5. The number of esters is 1. The van der Waals surface area contributed by atoms with Crippen LogP contribution < -0.4 is 0 Å². The second-order valence-corrected chi connectivity index (χ2v) is 3.77. The minimum atomic E-state index is -0.779. The van der Waals surface area contributed by atoms with Crippen molar-refractivity contribution in [2.45, 2.75) is 32.1 Å². The second kappa shape index (κ2) is 4.98. The first kappa shape index (κ1) is 11.0. The van der Waals surface area contributed by atoms with Gasteiger partial charge < -0.3 is 9.84 Å². The van der Waals surface area contributed by atoms with Crippen molar-refractivity contribution in [2.24, 2.45) is 11.8 Å².